The first kappa shape index (κ1) is 7.75. The van der Waals surface area contributed by atoms with Gasteiger partial charge in [-0.25, -0.2) is 0 Å². The molecule has 0 aromatic rings. The van der Waals surface area contributed by atoms with Crippen LogP contribution < -0.4 is 0 Å². The molecule has 1 rings (SSSR count). The van der Waals surface area contributed by atoms with E-state index in [4.69, 9.17) is 7.80 Å². The quantitative estimate of drug-likeness (QED) is 0.688. The van der Waals surface area contributed by atoms with Crippen molar-refractivity contribution in [2.45, 2.75) is 32.0 Å². The molecule has 1 aliphatic heterocycles. The molecular weight excluding hydrogens is 231 g/mol. The van der Waals surface area contributed by atoms with Gasteiger partial charge in [0.2, 0.25) is 0 Å². The lowest BCUT2D eigenvalue weighted by atomic mass is 10.2. The van der Waals surface area contributed by atoms with Crippen molar-refractivity contribution in [1.82, 2.24) is 0 Å². The summed E-state index contributed by atoms with van der Waals surface area (Å²) in [5, 5.41) is 0. The lowest BCUT2D eigenvalue weighted by Crippen LogP contribution is -2.12. The molecule has 1 saturated heterocycles. The molecule has 1 heterocycles. The fourth-order valence-corrected chi connectivity index (χ4v) is 1.48. The molecule has 0 bridgehead atoms. The molecule has 0 spiro atoms. The minimum atomic E-state index is 0.358. The SMILES string of the molecule is CC1CCC(COI)O1. The minimum Gasteiger partial charge on any atom is -0.373 e. The van der Waals surface area contributed by atoms with E-state index in [1.807, 2.05) is 23.0 Å². The Hall–Kier alpha value is 0.650. The zero-order valence-electron chi connectivity index (χ0n) is 5.47. The van der Waals surface area contributed by atoms with Crippen LogP contribution in [-0.2, 0) is 7.80 Å². The highest BCUT2D eigenvalue weighted by molar-refractivity contribution is 14.1. The number of ether oxygens (including phenoxy) is 1. The zero-order valence-corrected chi connectivity index (χ0v) is 7.63. The molecule has 0 aromatic heterocycles. The molecule has 0 aliphatic carbocycles. The van der Waals surface area contributed by atoms with Gasteiger partial charge in [-0.15, -0.1) is 0 Å². The Morgan fingerprint density at radius 2 is 2.44 bits per heavy atom. The predicted molar refractivity (Wildman–Crippen MR) is 43.5 cm³/mol. The Kier molecular flexibility index (Phi) is 3.21. The molecular formula is C6H11IO2. The summed E-state index contributed by atoms with van der Waals surface area (Å²) >= 11 is 1.90. The van der Waals surface area contributed by atoms with Crippen LogP contribution >= 0.6 is 23.0 Å². The van der Waals surface area contributed by atoms with Crippen LogP contribution in [0.4, 0.5) is 0 Å². The van der Waals surface area contributed by atoms with E-state index in [9.17, 15) is 0 Å². The van der Waals surface area contributed by atoms with Gasteiger partial charge in [-0.1, -0.05) is 0 Å². The molecule has 1 aliphatic rings. The molecule has 3 heteroatoms. The molecule has 0 saturated carbocycles. The molecule has 54 valence electrons. The van der Waals surface area contributed by atoms with Crippen molar-refractivity contribution >= 4 is 23.0 Å². The normalized spacial score (nSPS) is 35.3. The third-order valence-electron chi connectivity index (χ3n) is 1.57. The van der Waals surface area contributed by atoms with Crippen LogP contribution in [0, 0.1) is 0 Å². The summed E-state index contributed by atoms with van der Waals surface area (Å²) in [6.45, 7) is 2.85. The summed E-state index contributed by atoms with van der Waals surface area (Å²) in [6.07, 6.45) is 3.15. The van der Waals surface area contributed by atoms with Crippen molar-refractivity contribution in [2.24, 2.45) is 0 Å². The van der Waals surface area contributed by atoms with Gasteiger partial charge in [0.25, 0.3) is 0 Å². The van der Waals surface area contributed by atoms with Gasteiger partial charge in [-0.05, 0) is 19.8 Å². The Morgan fingerprint density at radius 3 is 2.89 bits per heavy atom. The van der Waals surface area contributed by atoms with Crippen LogP contribution in [-0.4, -0.2) is 18.8 Å². The van der Waals surface area contributed by atoms with Gasteiger partial charge in [0.05, 0.1) is 18.8 Å². The first-order valence-electron chi connectivity index (χ1n) is 3.22. The largest absolute Gasteiger partial charge is 0.373 e. The zero-order chi connectivity index (χ0) is 6.69. The van der Waals surface area contributed by atoms with E-state index in [-0.39, 0.29) is 0 Å². The third-order valence-corrected chi connectivity index (χ3v) is 1.93. The van der Waals surface area contributed by atoms with E-state index in [1.54, 1.807) is 0 Å². The highest BCUT2D eigenvalue weighted by Gasteiger charge is 2.21. The maximum absolute atomic E-state index is 5.47. The average Bonchev–Trinajstić information content (AvgIpc) is 2.17. The van der Waals surface area contributed by atoms with Crippen molar-refractivity contribution in [3.8, 4) is 0 Å². The van der Waals surface area contributed by atoms with Crippen molar-refractivity contribution in [3.63, 3.8) is 0 Å². The number of rotatable bonds is 2. The Morgan fingerprint density at radius 1 is 1.67 bits per heavy atom. The van der Waals surface area contributed by atoms with Crippen LogP contribution in [0.3, 0.4) is 0 Å². The third kappa shape index (κ3) is 2.39. The Balaban J connectivity index is 2.14. The van der Waals surface area contributed by atoms with Crippen molar-refractivity contribution in [1.29, 1.82) is 0 Å². The molecule has 1 fully saturated rings. The molecule has 0 amide bonds. The van der Waals surface area contributed by atoms with E-state index in [0.29, 0.717) is 12.2 Å². The van der Waals surface area contributed by atoms with Crippen molar-refractivity contribution in [2.75, 3.05) is 6.61 Å². The van der Waals surface area contributed by atoms with Gasteiger partial charge in [0.15, 0.2) is 0 Å². The van der Waals surface area contributed by atoms with Crippen LogP contribution in [0.1, 0.15) is 19.8 Å². The van der Waals surface area contributed by atoms with E-state index in [1.165, 1.54) is 6.42 Å². The summed E-state index contributed by atoms with van der Waals surface area (Å²) in [5.41, 5.74) is 0. The molecule has 0 N–H and O–H groups in total. The molecule has 0 radical (unpaired) electrons. The smallest absolute Gasteiger partial charge is 0.109 e. The Labute approximate surface area is 69.6 Å². The van der Waals surface area contributed by atoms with Crippen molar-refractivity contribution in [3.05, 3.63) is 0 Å². The molecule has 0 aromatic carbocycles. The van der Waals surface area contributed by atoms with Crippen LogP contribution in [0.15, 0.2) is 0 Å². The van der Waals surface area contributed by atoms with E-state index in [2.05, 4.69) is 6.92 Å². The fraction of sp³-hybridized carbons (Fsp3) is 1.00. The summed E-state index contributed by atoms with van der Waals surface area (Å²) in [5.74, 6) is 0. The summed E-state index contributed by atoms with van der Waals surface area (Å²) < 4.78 is 10.4. The summed E-state index contributed by atoms with van der Waals surface area (Å²) in [4.78, 5) is 0. The van der Waals surface area contributed by atoms with Gasteiger partial charge >= 0.3 is 0 Å². The fourth-order valence-electron chi connectivity index (χ4n) is 1.08. The van der Waals surface area contributed by atoms with Crippen LogP contribution in [0.25, 0.3) is 0 Å². The highest BCUT2D eigenvalue weighted by atomic mass is 127. The van der Waals surface area contributed by atoms with E-state index >= 15 is 0 Å². The monoisotopic (exact) mass is 242 g/mol. The van der Waals surface area contributed by atoms with Gasteiger partial charge in [0.1, 0.15) is 23.0 Å². The van der Waals surface area contributed by atoms with Crippen LogP contribution in [0.5, 0.6) is 0 Å². The summed E-state index contributed by atoms with van der Waals surface area (Å²) in [6, 6.07) is 0. The predicted octanol–water partition coefficient (Wildman–Crippen LogP) is 1.92. The number of hydrogen-bond acceptors (Lipinski definition) is 2. The van der Waals surface area contributed by atoms with Gasteiger partial charge in [-0.3, -0.25) is 0 Å². The molecule has 9 heavy (non-hydrogen) atoms. The van der Waals surface area contributed by atoms with Gasteiger partial charge in [-0.2, -0.15) is 0 Å². The number of hydrogen-bond donors (Lipinski definition) is 0. The van der Waals surface area contributed by atoms with Gasteiger partial charge < -0.3 is 7.80 Å². The summed E-state index contributed by atoms with van der Waals surface area (Å²) in [7, 11) is 0. The second kappa shape index (κ2) is 3.73. The topological polar surface area (TPSA) is 18.5 Å². The second-order valence-corrected chi connectivity index (χ2v) is 3.04. The standard InChI is InChI=1S/C6H11IO2/c1-5-2-3-6(9-5)4-8-7/h5-6H,2-4H2,1H3. The van der Waals surface area contributed by atoms with Crippen molar-refractivity contribution < 1.29 is 7.80 Å². The highest BCUT2D eigenvalue weighted by Crippen LogP contribution is 2.19. The number of halogens is 1. The lowest BCUT2D eigenvalue weighted by Gasteiger charge is -2.07. The first-order chi connectivity index (χ1) is 4.33. The lowest BCUT2D eigenvalue weighted by molar-refractivity contribution is 0.0358. The maximum Gasteiger partial charge on any atom is 0.109 e. The molecule has 2 unspecified atom stereocenters. The molecule has 2 atom stereocenters. The van der Waals surface area contributed by atoms with Gasteiger partial charge in [0, 0.05) is 0 Å². The minimum absolute atomic E-state index is 0.358. The second-order valence-electron chi connectivity index (χ2n) is 2.42. The van der Waals surface area contributed by atoms with Crippen LogP contribution in [0.2, 0.25) is 0 Å². The Bertz CT molecular complexity index is 85.1. The van der Waals surface area contributed by atoms with E-state index < -0.39 is 0 Å². The van der Waals surface area contributed by atoms with E-state index in [0.717, 1.165) is 13.0 Å². The maximum atomic E-state index is 5.47. The average molecular weight is 242 g/mol. The first-order valence-corrected chi connectivity index (χ1v) is 4.10. The molecule has 2 nitrogen and oxygen atoms in total.